The van der Waals surface area contributed by atoms with Crippen LogP contribution in [-0.2, 0) is 6.54 Å². The Kier molecular flexibility index (Phi) is 4.09. The van der Waals surface area contributed by atoms with Gasteiger partial charge in [-0.25, -0.2) is 0 Å². The van der Waals surface area contributed by atoms with E-state index in [2.05, 4.69) is 33.2 Å². The first-order valence-electron chi connectivity index (χ1n) is 8.29. The molecule has 5 nitrogen and oxygen atoms in total. The lowest BCUT2D eigenvalue weighted by Crippen LogP contribution is -2.46. The van der Waals surface area contributed by atoms with Crippen LogP contribution in [0.4, 0.5) is 5.69 Å². The van der Waals surface area contributed by atoms with Crippen molar-refractivity contribution in [2.24, 2.45) is 0 Å². The largest absolute Gasteiger partial charge is 0.495 e. The molecule has 1 fully saturated rings. The van der Waals surface area contributed by atoms with Gasteiger partial charge < -0.3 is 14.2 Å². The summed E-state index contributed by atoms with van der Waals surface area (Å²) in [7, 11) is 1.73. The van der Waals surface area contributed by atoms with Crippen LogP contribution < -0.4 is 9.64 Å². The van der Waals surface area contributed by atoms with Crippen molar-refractivity contribution >= 4 is 16.7 Å². The van der Waals surface area contributed by atoms with Gasteiger partial charge in [0.1, 0.15) is 11.4 Å². The number of anilines is 1. The molecule has 0 N–H and O–H groups in total. The third-order valence-corrected chi connectivity index (χ3v) is 4.62. The Morgan fingerprint density at radius 3 is 2.58 bits per heavy atom. The molecule has 0 aliphatic carbocycles. The minimum Gasteiger partial charge on any atom is -0.495 e. The predicted octanol–water partition coefficient (Wildman–Crippen LogP) is 3.16. The highest BCUT2D eigenvalue weighted by molar-refractivity contribution is 5.79. The summed E-state index contributed by atoms with van der Waals surface area (Å²) >= 11 is 0. The molecule has 24 heavy (non-hydrogen) atoms. The topological polar surface area (TPSA) is 41.7 Å². The molecule has 0 spiro atoms. The van der Waals surface area contributed by atoms with E-state index in [1.165, 1.54) is 5.69 Å². The molecular formula is C19H21N3O2. The molecule has 0 bridgehead atoms. The van der Waals surface area contributed by atoms with Gasteiger partial charge in [0, 0.05) is 38.1 Å². The number of para-hydroxylation sites is 3. The number of aromatic nitrogens is 1. The van der Waals surface area contributed by atoms with E-state index >= 15 is 0 Å². The molecule has 0 saturated carbocycles. The highest BCUT2D eigenvalue weighted by Gasteiger charge is 2.21. The Morgan fingerprint density at radius 1 is 1.00 bits per heavy atom. The summed E-state index contributed by atoms with van der Waals surface area (Å²) in [6.07, 6.45) is 0. The molecule has 0 radical (unpaired) electrons. The van der Waals surface area contributed by atoms with E-state index in [4.69, 9.17) is 9.26 Å². The average molecular weight is 323 g/mol. The molecule has 1 aromatic heterocycles. The SMILES string of the molecule is COc1ccccc1N1CCN(Cc2noc3ccccc23)CC1. The standard InChI is InChI=1S/C19H21N3O2/c1-23-19-9-5-3-7-17(19)22-12-10-21(11-13-22)14-16-15-6-2-4-8-18(15)24-20-16/h2-9H,10-14H2,1H3. The first kappa shape index (κ1) is 15.0. The first-order valence-corrected chi connectivity index (χ1v) is 8.29. The highest BCUT2D eigenvalue weighted by Crippen LogP contribution is 2.28. The molecule has 124 valence electrons. The van der Waals surface area contributed by atoms with E-state index < -0.39 is 0 Å². The van der Waals surface area contributed by atoms with Crippen LogP contribution in [0, 0.1) is 0 Å². The van der Waals surface area contributed by atoms with Crippen LogP contribution in [0.1, 0.15) is 5.69 Å². The van der Waals surface area contributed by atoms with E-state index in [1.807, 2.05) is 30.3 Å². The molecule has 0 amide bonds. The van der Waals surface area contributed by atoms with Gasteiger partial charge in [-0.2, -0.15) is 0 Å². The lowest BCUT2D eigenvalue weighted by Gasteiger charge is -2.36. The van der Waals surface area contributed by atoms with Crippen molar-refractivity contribution in [1.29, 1.82) is 0 Å². The molecule has 1 saturated heterocycles. The van der Waals surface area contributed by atoms with Crippen LogP contribution >= 0.6 is 0 Å². The average Bonchev–Trinajstić information content (AvgIpc) is 3.05. The van der Waals surface area contributed by atoms with Crippen molar-refractivity contribution in [2.45, 2.75) is 6.54 Å². The summed E-state index contributed by atoms with van der Waals surface area (Å²) in [5, 5.41) is 5.36. The van der Waals surface area contributed by atoms with Gasteiger partial charge in [0.2, 0.25) is 0 Å². The smallest absolute Gasteiger partial charge is 0.167 e. The van der Waals surface area contributed by atoms with Gasteiger partial charge >= 0.3 is 0 Å². The van der Waals surface area contributed by atoms with Crippen molar-refractivity contribution in [1.82, 2.24) is 10.1 Å². The Labute approximate surface area is 141 Å². The van der Waals surface area contributed by atoms with Crippen LogP contribution in [0.2, 0.25) is 0 Å². The number of ether oxygens (including phenoxy) is 1. The van der Waals surface area contributed by atoms with E-state index in [0.29, 0.717) is 0 Å². The zero-order valence-electron chi connectivity index (χ0n) is 13.8. The summed E-state index contributed by atoms with van der Waals surface area (Å²) in [5.74, 6) is 0.938. The minimum atomic E-state index is 0.830. The maximum absolute atomic E-state index is 5.48. The van der Waals surface area contributed by atoms with E-state index in [9.17, 15) is 0 Å². The van der Waals surface area contributed by atoms with Gasteiger partial charge in [-0.15, -0.1) is 0 Å². The Morgan fingerprint density at radius 2 is 1.75 bits per heavy atom. The van der Waals surface area contributed by atoms with Gasteiger partial charge in [-0.3, -0.25) is 4.90 Å². The Bertz CT molecular complexity index is 822. The van der Waals surface area contributed by atoms with Gasteiger partial charge in [0.05, 0.1) is 12.8 Å². The van der Waals surface area contributed by atoms with Crippen LogP contribution in [0.5, 0.6) is 5.75 Å². The van der Waals surface area contributed by atoms with Crippen LogP contribution in [-0.4, -0.2) is 43.3 Å². The molecule has 0 atom stereocenters. The third kappa shape index (κ3) is 2.83. The number of hydrogen-bond donors (Lipinski definition) is 0. The van der Waals surface area contributed by atoms with Gasteiger partial charge in [-0.05, 0) is 24.3 Å². The summed E-state index contributed by atoms with van der Waals surface area (Å²) in [4.78, 5) is 4.81. The fourth-order valence-electron chi connectivity index (χ4n) is 3.30. The van der Waals surface area contributed by atoms with Crippen molar-refractivity contribution in [3.8, 4) is 5.75 Å². The van der Waals surface area contributed by atoms with Gasteiger partial charge in [0.25, 0.3) is 0 Å². The van der Waals surface area contributed by atoms with Crippen LogP contribution in [0.25, 0.3) is 11.0 Å². The minimum absolute atomic E-state index is 0.830. The fraction of sp³-hybridized carbons (Fsp3) is 0.316. The molecule has 1 aliphatic rings. The number of piperazine rings is 1. The normalized spacial score (nSPS) is 15.8. The third-order valence-electron chi connectivity index (χ3n) is 4.62. The summed E-state index contributed by atoms with van der Waals surface area (Å²) < 4.78 is 10.9. The molecule has 4 rings (SSSR count). The summed E-state index contributed by atoms with van der Waals surface area (Å²) in [6.45, 7) is 4.79. The van der Waals surface area contributed by atoms with Gasteiger partial charge in [-0.1, -0.05) is 29.4 Å². The number of benzene rings is 2. The van der Waals surface area contributed by atoms with E-state index in [0.717, 1.165) is 55.1 Å². The number of hydrogen-bond acceptors (Lipinski definition) is 5. The Hall–Kier alpha value is -2.53. The quantitative estimate of drug-likeness (QED) is 0.738. The van der Waals surface area contributed by atoms with Crippen molar-refractivity contribution < 1.29 is 9.26 Å². The molecule has 0 unspecified atom stereocenters. The maximum Gasteiger partial charge on any atom is 0.167 e. The number of methoxy groups -OCH3 is 1. The zero-order chi connectivity index (χ0) is 16.4. The fourth-order valence-corrected chi connectivity index (χ4v) is 3.30. The molecule has 2 aromatic carbocycles. The van der Waals surface area contributed by atoms with Crippen molar-refractivity contribution in [2.75, 3.05) is 38.2 Å². The second-order valence-electron chi connectivity index (χ2n) is 6.06. The van der Waals surface area contributed by atoms with E-state index in [1.54, 1.807) is 7.11 Å². The van der Waals surface area contributed by atoms with E-state index in [-0.39, 0.29) is 0 Å². The molecule has 2 heterocycles. The summed E-state index contributed by atoms with van der Waals surface area (Å²) in [5.41, 5.74) is 3.06. The highest BCUT2D eigenvalue weighted by atomic mass is 16.5. The first-order chi connectivity index (χ1) is 11.8. The lowest BCUT2D eigenvalue weighted by molar-refractivity contribution is 0.242. The monoisotopic (exact) mass is 323 g/mol. The van der Waals surface area contributed by atoms with Crippen LogP contribution in [0.3, 0.4) is 0 Å². The second kappa shape index (κ2) is 6.53. The second-order valence-corrected chi connectivity index (χ2v) is 6.06. The van der Waals surface area contributed by atoms with Crippen molar-refractivity contribution in [3.63, 3.8) is 0 Å². The number of fused-ring (bicyclic) bond motifs is 1. The molecule has 1 aliphatic heterocycles. The number of rotatable bonds is 4. The number of nitrogens with zero attached hydrogens (tertiary/aromatic N) is 3. The predicted molar refractivity (Wildman–Crippen MR) is 94.5 cm³/mol. The summed E-state index contributed by atoms with van der Waals surface area (Å²) in [6, 6.07) is 16.3. The maximum atomic E-state index is 5.48. The molecule has 3 aromatic rings. The van der Waals surface area contributed by atoms with Crippen LogP contribution in [0.15, 0.2) is 53.1 Å². The molecule has 5 heteroatoms. The van der Waals surface area contributed by atoms with Crippen molar-refractivity contribution in [3.05, 3.63) is 54.2 Å². The lowest BCUT2D eigenvalue weighted by atomic mass is 10.2. The zero-order valence-corrected chi connectivity index (χ0v) is 13.8. The molecular weight excluding hydrogens is 302 g/mol. The Balaban J connectivity index is 1.43. The van der Waals surface area contributed by atoms with Gasteiger partial charge in [0.15, 0.2) is 5.58 Å².